The molecule has 0 aliphatic heterocycles. The molecule has 0 aliphatic rings. The van der Waals surface area contributed by atoms with Gasteiger partial charge in [0.25, 0.3) is 0 Å². The SMILES string of the molecule is C=C(N=C(CCC)CCC(=O)OC)c1ccc(F)c(C)c1.CC. The third-order valence-electron chi connectivity index (χ3n) is 3.17. The third-order valence-corrected chi connectivity index (χ3v) is 3.17. The van der Waals surface area contributed by atoms with Crippen LogP contribution in [0.4, 0.5) is 4.39 Å². The zero-order valence-corrected chi connectivity index (χ0v) is 14.9. The van der Waals surface area contributed by atoms with Crippen molar-refractivity contribution in [2.75, 3.05) is 7.11 Å². The highest BCUT2D eigenvalue weighted by molar-refractivity contribution is 5.91. The van der Waals surface area contributed by atoms with Gasteiger partial charge >= 0.3 is 5.97 Å². The molecule has 0 amide bonds. The lowest BCUT2D eigenvalue weighted by Crippen LogP contribution is -2.06. The molecule has 0 heterocycles. The number of carbonyl (C=O) groups is 1. The lowest BCUT2D eigenvalue weighted by Gasteiger charge is -2.08. The Bertz CT molecular complexity index is 550. The Morgan fingerprint density at radius 2 is 1.91 bits per heavy atom. The lowest BCUT2D eigenvalue weighted by molar-refractivity contribution is -0.140. The van der Waals surface area contributed by atoms with Crippen LogP contribution in [0.3, 0.4) is 0 Å². The van der Waals surface area contributed by atoms with Crippen molar-refractivity contribution in [3.63, 3.8) is 0 Å². The third kappa shape index (κ3) is 7.73. The molecule has 23 heavy (non-hydrogen) atoms. The van der Waals surface area contributed by atoms with Crippen LogP contribution in [0.1, 0.15) is 57.6 Å². The first kappa shape index (κ1) is 21.0. The highest BCUT2D eigenvalue weighted by Gasteiger charge is 2.07. The van der Waals surface area contributed by atoms with E-state index in [0.29, 0.717) is 24.1 Å². The molecule has 0 aromatic heterocycles. The molecule has 0 atom stereocenters. The molecular weight excluding hydrogens is 293 g/mol. The van der Waals surface area contributed by atoms with Crippen molar-refractivity contribution in [2.24, 2.45) is 4.99 Å². The Morgan fingerprint density at radius 3 is 2.43 bits per heavy atom. The Morgan fingerprint density at radius 1 is 1.26 bits per heavy atom. The Balaban J connectivity index is 0.00000232. The average molecular weight is 321 g/mol. The minimum absolute atomic E-state index is 0.241. The number of benzene rings is 1. The Hall–Kier alpha value is -1.97. The smallest absolute Gasteiger partial charge is 0.305 e. The summed E-state index contributed by atoms with van der Waals surface area (Å²) in [4.78, 5) is 15.7. The van der Waals surface area contributed by atoms with E-state index in [1.807, 2.05) is 13.8 Å². The van der Waals surface area contributed by atoms with Gasteiger partial charge in [-0.05, 0) is 49.1 Å². The maximum Gasteiger partial charge on any atom is 0.305 e. The van der Waals surface area contributed by atoms with Crippen molar-refractivity contribution in [2.45, 2.75) is 53.4 Å². The molecule has 0 saturated heterocycles. The van der Waals surface area contributed by atoms with E-state index >= 15 is 0 Å². The van der Waals surface area contributed by atoms with Gasteiger partial charge in [-0.2, -0.15) is 0 Å². The summed E-state index contributed by atoms with van der Waals surface area (Å²) in [5, 5.41) is 0. The molecule has 0 N–H and O–H groups in total. The number of ether oxygens (including phenoxy) is 1. The number of aliphatic imine (C=N–C) groups is 1. The minimum atomic E-state index is -0.248. The van der Waals surface area contributed by atoms with E-state index in [1.165, 1.54) is 13.2 Å². The van der Waals surface area contributed by atoms with Gasteiger partial charge in [0.2, 0.25) is 0 Å². The number of halogens is 1. The maximum atomic E-state index is 13.3. The van der Waals surface area contributed by atoms with E-state index in [4.69, 9.17) is 0 Å². The summed E-state index contributed by atoms with van der Waals surface area (Å²) in [5.41, 5.74) is 2.86. The van der Waals surface area contributed by atoms with Gasteiger partial charge in [-0.1, -0.05) is 33.8 Å². The Labute approximate surface area is 139 Å². The molecule has 0 fully saturated rings. The second-order valence-corrected chi connectivity index (χ2v) is 4.91. The topological polar surface area (TPSA) is 38.7 Å². The van der Waals surface area contributed by atoms with E-state index < -0.39 is 0 Å². The van der Waals surface area contributed by atoms with Gasteiger partial charge < -0.3 is 4.74 Å². The average Bonchev–Trinajstić information content (AvgIpc) is 2.56. The molecule has 0 bridgehead atoms. The van der Waals surface area contributed by atoms with Crippen LogP contribution in [-0.2, 0) is 9.53 Å². The zero-order valence-electron chi connectivity index (χ0n) is 14.9. The molecule has 1 rings (SSSR count). The van der Waals surface area contributed by atoms with E-state index in [9.17, 15) is 9.18 Å². The zero-order chi connectivity index (χ0) is 17.8. The largest absolute Gasteiger partial charge is 0.469 e. The lowest BCUT2D eigenvalue weighted by atomic mass is 10.1. The maximum absolute atomic E-state index is 13.3. The normalized spacial score (nSPS) is 10.6. The van der Waals surface area contributed by atoms with E-state index in [-0.39, 0.29) is 11.8 Å². The van der Waals surface area contributed by atoms with Gasteiger partial charge in [0, 0.05) is 5.71 Å². The fourth-order valence-corrected chi connectivity index (χ4v) is 1.95. The van der Waals surface area contributed by atoms with Crippen LogP contribution >= 0.6 is 0 Å². The molecule has 0 unspecified atom stereocenters. The highest BCUT2D eigenvalue weighted by Crippen LogP contribution is 2.19. The van der Waals surface area contributed by atoms with Gasteiger partial charge in [0.1, 0.15) is 5.82 Å². The van der Waals surface area contributed by atoms with E-state index in [1.54, 1.807) is 19.1 Å². The first-order chi connectivity index (χ1) is 11.0. The first-order valence-electron chi connectivity index (χ1n) is 8.06. The number of hydrogen-bond donors (Lipinski definition) is 0. The van der Waals surface area contributed by atoms with Crippen LogP contribution < -0.4 is 0 Å². The molecule has 0 saturated carbocycles. The van der Waals surface area contributed by atoms with Crippen LogP contribution in [0.15, 0.2) is 29.8 Å². The van der Waals surface area contributed by atoms with Crippen molar-refractivity contribution in [1.29, 1.82) is 0 Å². The van der Waals surface area contributed by atoms with Crippen LogP contribution in [0, 0.1) is 12.7 Å². The molecule has 3 nitrogen and oxygen atoms in total. The fraction of sp³-hybridized carbons (Fsp3) is 0.474. The fourth-order valence-electron chi connectivity index (χ4n) is 1.95. The summed E-state index contributed by atoms with van der Waals surface area (Å²) in [5.74, 6) is -0.489. The number of hydrogen-bond acceptors (Lipinski definition) is 3. The van der Waals surface area contributed by atoms with Crippen molar-refractivity contribution in [3.8, 4) is 0 Å². The summed E-state index contributed by atoms with van der Waals surface area (Å²) in [6, 6.07) is 4.81. The highest BCUT2D eigenvalue weighted by atomic mass is 19.1. The summed E-state index contributed by atoms with van der Waals surface area (Å²) in [6.07, 6.45) is 2.61. The van der Waals surface area contributed by atoms with Crippen LogP contribution in [0.5, 0.6) is 0 Å². The van der Waals surface area contributed by atoms with Crippen molar-refractivity contribution in [1.82, 2.24) is 0 Å². The second kappa shape index (κ2) is 11.6. The van der Waals surface area contributed by atoms with Crippen LogP contribution in [0.25, 0.3) is 5.70 Å². The van der Waals surface area contributed by atoms with Crippen LogP contribution in [0.2, 0.25) is 0 Å². The van der Waals surface area contributed by atoms with Gasteiger partial charge in [0.05, 0.1) is 19.2 Å². The molecule has 4 heteroatoms. The molecule has 0 spiro atoms. The van der Waals surface area contributed by atoms with Crippen LogP contribution in [-0.4, -0.2) is 18.8 Å². The quantitative estimate of drug-likeness (QED) is 0.503. The Kier molecular flexibility index (Phi) is 10.6. The van der Waals surface area contributed by atoms with Gasteiger partial charge in [0.15, 0.2) is 0 Å². The van der Waals surface area contributed by atoms with Crippen molar-refractivity contribution in [3.05, 3.63) is 41.7 Å². The number of esters is 1. The number of carbonyl (C=O) groups excluding carboxylic acids is 1. The number of nitrogens with zero attached hydrogens (tertiary/aromatic N) is 1. The van der Waals surface area contributed by atoms with Crippen molar-refractivity contribution >= 4 is 17.4 Å². The number of rotatable bonds is 7. The van der Waals surface area contributed by atoms with Crippen molar-refractivity contribution < 1.29 is 13.9 Å². The predicted molar refractivity (Wildman–Crippen MR) is 95.1 cm³/mol. The molecular formula is C19H28FNO2. The summed E-state index contributed by atoms with van der Waals surface area (Å²) in [7, 11) is 1.37. The number of methoxy groups -OCH3 is 1. The first-order valence-corrected chi connectivity index (χ1v) is 8.06. The van der Waals surface area contributed by atoms with E-state index in [0.717, 1.165) is 24.1 Å². The summed E-state index contributed by atoms with van der Waals surface area (Å²) < 4.78 is 17.9. The number of aryl methyl sites for hydroxylation is 1. The van der Waals surface area contributed by atoms with Gasteiger partial charge in [-0.3, -0.25) is 9.79 Å². The standard InChI is InChI=1S/C17H22FNO2.C2H6/c1-5-6-15(8-10-17(20)21-4)19-13(3)14-7-9-16(18)12(2)11-14;1-2/h7,9,11H,3,5-6,8,10H2,1-2,4H3;1-2H3. The monoisotopic (exact) mass is 321 g/mol. The minimum Gasteiger partial charge on any atom is -0.469 e. The summed E-state index contributed by atoms with van der Waals surface area (Å²) in [6.45, 7) is 11.7. The van der Waals surface area contributed by atoms with Gasteiger partial charge in [-0.15, -0.1) is 0 Å². The van der Waals surface area contributed by atoms with E-state index in [2.05, 4.69) is 23.2 Å². The van der Waals surface area contributed by atoms with Gasteiger partial charge in [-0.25, -0.2) is 4.39 Å². The molecule has 1 aromatic carbocycles. The second-order valence-electron chi connectivity index (χ2n) is 4.91. The predicted octanol–water partition coefficient (Wildman–Crippen LogP) is 5.33. The molecule has 0 radical (unpaired) electrons. The molecule has 1 aromatic rings. The molecule has 0 aliphatic carbocycles. The molecule has 128 valence electrons. The summed E-state index contributed by atoms with van der Waals surface area (Å²) >= 11 is 0.